The van der Waals surface area contributed by atoms with Crippen LogP contribution in [0.15, 0.2) is 88.4 Å². The van der Waals surface area contributed by atoms with Gasteiger partial charge in [0.2, 0.25) is 0 Å². The molecule has 0 saturated carbocycles. The fourth-order valence-corrected chi connectivity index (χ4v) is 5.55. The highest BCUT2D eigenvalue weighted by Gasteiger charge is 2.26. The van der Waals surface area contributed by atoms with Crippen LogP contribution in [0.4, 0.5) is 0 Å². The second kappa shape index (κ2) is 11.1. The highest BCUT2D eigenvalue weighted by molar-refractivity contribution is 7.90. The molecule has 0 aliphatic heterocycles. The first kappa shape index (κ1) is 28.5. The van der Waals surface area contributed by atoms with Gasteiger partial charge in [-0.25, -0.2) is 8.42 Å². The number of nitrogens with zero attached hydrogens (tertiary/aromatic N) is 3. The summed E-state index contributed by atoms with van der Waals surface area (Å²) in [7, 11) is -4.48. The third kappa shape index (κ3) is 5.90. The van der Waals surface area contributed by atoms with E-state index in [4.69, 9.17) is 4.52 Å². The molecular formula is C31H29N3O5S2. The van der Waals surface area contributed by atoms with Crippen molar-refractivity contribution in [2.75, 3.05) is 12.5 Å². The molecule has 3 aromatic carbocycles. The van der Waals surface area contributed by atoms with Crippen molar-refractivity contribution in [3.63, 3.8) is 0 Å². The molecule has 210 valence electrons. The summed E-state index contributed by atoms with van der Waals surface area (Å²) >= 11 is 0. The van der Waals surface area contributed by atoms with Gasteiger partial charge in [-0.15, -0.1) is 0 Å². The van der Waals surface area contributed by atoms with Crippen LogP contribution in [0.1, 0.15) is 42.3 Å². The van der Waals surface area contributed by atoms with Crippen molar-refractivity contribution in [1.82, 2.24) is 15.1 Å². The van der Waals surface area contributed by atoms with Gasteiger partial charge in [0.15, 0.2) is 15.7 Å². The maximum absolute atomic E-state index is 12.6. The van der Waals surface area contributed by atoms with Crippen LogP contribution in [-0.4, -0.2) is 45.4 Å². The predicted molar refractivity (Wildman–Crippen MR) is 161 cm³/mol. The number of benzene rings is 3. The molecule has 0 amide bonds. The first-order chi connectivity index (χ1) is 19.5. The van der Waals surface area contributed by atoms with Crippen LogP contribution in [0.3, 0.4) is 0 Å². The largest absolute Gasteiger partial charge is 0.388 e. The van der Waals surface area contributed by atoms with E-state index < -0.39 is 25.4 Å². The minimum atomic E-state index is -3.37. The van der Waals surface area contributed by atoms with Crippen LogP contribution in [0.25, 0.3) is 33.7 Å². The van der Waals surface area contributed by atoms with Gasteiger partial charge >= 0.3 is 0 Å². The van der Waals surface area contributed by atoms with E-state index >= 15 is 0 Å². The van der Waals surface area contributed by atoms with E-state index in [9.17, 15) is 17.7 Å². The van der Waals surface area contributed by atoms with Crippen molar-refractivity contribution in [3.8, 4) is 11.1 Å². The summed E-state index contributed by atoms with van der Waals surface area (Å²) in [4.78, 5) is 9.14. The van der Waals surface area contributed by atoms with Crippen molar-refractivity contribution in [1.29, 1.82) is 0 Å². The van der Waals surface area contributed by atoms with Crippen molar-refractivity contribution >= 4 is 43.2 Å². The molecular weight excluding hydrogens is 558 g/mol. The standard InChI is InChI=1S/C31H29N3O5S2/c1-31(2,40(3)36)24-17-23-9-6-14-32-29(23)26(18-24)22-8-5-7-20(15-22)16-27(30-33-28(19-35)34-39-30)21-10-12-25(13-11-21)41(4,37)38/h5-18,35H,19H2,1-4H3/b27-16-. The third-order valence-corrected chi connectivity index (χ3v) is 9.86. The molecule has 1 unspecified atom stereocenters. The van der Waals surface area contributed by atoms with Crippen molar-refractivity contribution < 1.29 is 22.3 Å². The zero-order valence-corrected chi connectivity index (χ0v) is 24.7. The van der Waals surface area contributed by atoms with E-state index in [1.807, 2.05) is 62.4 Å². The lowest BCUT2D eigenvalue weighted by atomic mass is 9.92. The predicted octanol–water partition coefficient (Wildman–Crippen LogP) is 5.38. The summed E-state index contributed by atoms with van der Waals surface area (Å²) in [6, 6.07) is 22.3. The average molecular weight is 588 g/mol. The number of aliphatic hydroxyl groups excluding tert-OH is 1. The van der Waals surface area contributed by atoms with Crippen molar-refractivity contribution in [2.45, 2.75) is 30.1 Å². The smallest absolute Gasteiger partial charge is 0.258 e. The van der Waals surface area contributed by atoms with Gasteiger partial charge in [-0.05, 0) is 78.6 Å². The average Bonchev–Trinajstić information content (AvgIpc) is 3.44. The van der Waals surface area contributed by atoms with Gasteiger partial charge in [0.25, 0.3) is 5.89 Å². The molecule has 10 heteroatoms. The number of aliphatic hydroxyl groups is 1. The van der Waals surface area contributed by atoms with Crippen LogP contribution in [-0.2, 0) is 32.0 Å². The Balaban J connectivity index is 1.67. The molecule has 0 fully saturated rings. The quantitative estimate of drug-likeness (QED) is 0.240. The topological polar surface area (TPSA) is 123 Å². The van der Waals surface area contributed by atoms with Gasteiger partial charge in [-0.2, -0.15) is 4.98 Å². The number of rotatable bonds is 8. The molecule has 5 rings (SSSR count). The molecule has 0 aliphatic rings. The molecule has 41 heavy (non-hydrogen) atoms. The van der Waals surface area contributed by atoms with E-state index in [1.54, 1.807) is 24.6 Å². The van der Waals surface area contributed by atoms with E-state index in [2.05, 4.69) is 21.2 Å². The number of fused-ring (bicyclic) bond motifs is 1. The zero-order chi connectivity index (χ0) is 29.4. The molecule has 1 atom stereocenters. The van der Waals surface area contributed by atoms with Gasteiger partial charge in [0.05, 0.1) is 15.2 Å². The van der Waals surface area contributed by atoms with Gasteiger partial charge < -0.3 is 9.63 Å². The number of sulfone groups is 1. The monoisotopic (exact) mass is 587 g/mol. The summed E-state index contributed by atoms with van der Waals surface area (Å²) < 4.78 is 41.5. The molecule has 0 aliphatic carbocycles. The highest BCUT2D eigenvalue weighted by Crippen LogP contribution is 2.36. The van der Waals surface area contributed by atoms with E-state index in [0.717, 1.165) is 39.4 Å². The Morgan fingerprint density at radius 1 is 1.05 bits per heavy atom. The van der Waals surface area contributed by atoms with Gasteiger partial charge in [0, 0.05) is 46.0 Å². The minimum Gasteiger partial charge on any atom is -0.388 e. The van der Waals surface area contributed by atoms with Crippen molar-refractivity contribution in [3.05, 3.63) is 107 Å². The Morgan fingerprint density at radius 2 is 1.80 bits per heavy atom. The van der Waals surface area contributed by atoms with Gasteiger partial charge in [-0.1, -0.05) is 41.6 Å². The second-order valence-corrected chi connectivity index (χ2v) is 14.2. The number of hydrogen-bond acceptors (Lipinski definition) is 8. The molecule has 8 nitrogen and oxygen atoms in total. The number of pyridine rings is 1. The van der Waals surface area contributed by atoms with Gasteiger partial charge in [-0.3, -0.25) is 9.19 Å². The minimum absolute atomic E-state index is 0.137. The summed E-state index contributed by atoms with van der Waals surface area (Å²) in [5.74, 6) is 0.325. The van der Waals surface area contributed by atoms with E-state index in [-0.39, 0.29) is 23.2 Å². The molecule has 0 bridgehead atoms. The first-order valence-electron chi connectivity index (χ1n) is 12.8. The lowest BCUT2D eigenvalue weighted by Crippen LogP contribution is -2.22. The first-order valence-corrected chi connectivity index (χ1v) is 16.2. The summed E-state index contributed by atoms with van der Waals surface area (Å²) in [6.07, 6.45) is 6.49. The molecule has 0 radical (unpaired) electrons. The fourth-order valence-electron chi connectivity index (χ4n) is 4.47. The normalized spacial score (nSPS) is 13.4. The van der Waals surface area contributed by atoms with Crippen molar-refractivity contribution in [2.24, 2.45) is 0 Å². The van der Waals surface area contributed by atoms with Crippen LogP contribution < -0.4 is 0 Å². The molecule has 1 N–H and O–H groups in total. The Kier molecular flexibility index (Phi) is 7.74. The van der Waals surface area contributed by atoms with Crippen LogP contribution in [0.5, 0.6) is 0 Å². The van der Waals surface area contributed by atoms with Crippen LogP contribution in [0.2, 0.25) is 0 Å². The fraction of sp³-hybridized carbons (Fsp3) is 0.194. The molecule has 0 spiro atoms. The third-order valence-electron chi connectivity index (χ3n) is 7.06. The van der Waals surface area contributed by atoms with Crippen LogP contribution in [0, 0.1) is 0 Å². The maximum Gasteiger partial charge on any atom is 0.258 e. The Morgan fingerprint density at radius 3 is 2.46 bits per heavy atom. The van der Waals surface area contributed by atoms with E-state index in [1.165, 1.54) is 12.1 Å². The SMILES string of the molecule is CS(=O)C(C)(C)c1cc(-c2cccc(/C=C(/c3ccc(S(C)(=O)=O)cc3)c3nc(CO)no3)c2)c2ncccc2c1. The molecule has 2 heterocycles. The summed E-state index contributed by atoms with van der Waals surface area (Å²) in [5.41, 5.74) is 5.65. The number of aromatic nitrogens is 3. The Labute approximate surface area is 241 Å². The van der Waals surface area contributed by atoms with Crippen LogP contribution >= 0.6 is 0 Å². The molecule has 5 aromatic rings. The number of hydrogen-bond donors (Lipinski definition) is 1. The summed E-state index contributed by atoms with van der Waals surface area (Å²) in [5, 5.41) is 14.3. The second-order valence-electron chi connectivity index (χ2n) is 10.2. The molecule has 0 saturated heterocycles. The van der Waals surface area contributed by atoms with E-state index in [0.29, 0.717) is 11.1 Å². The molecule has 2 aromatic heterocycles. The summed E-state index contributed by atoms with van der Waals surface area (Å²) in [6.45, 7) is 3.56. The maximum atomic E-state index is 12.6. The highest BCUT2D eigenvalue weighted by atomic mass is 32.2. The lowest BCUT2D eigenvalue weighted by molar-refractivity contribution is 0.263. The van der Waals surface area contributed by atoms with Gasteiger partial charge in [0.1, 0.15) is 6.61 Å². The zero-order valence-electron chi connectivity index (χ0n) is 23.0. The lowest BCUT2D eigenvalue weighted by Gasteiger charge is -2.24. The Bertz CT molecular complexity index is 1910. The Hall–Kier alpha value is -3.99.